The summed E-state index contributed by atoms with van der Waals surface area (Å²) in [6.45, 7) is 0. The van der Waals surface area contributed by atoms with Crippen LogP contribution in [-0.4, -0.2) is 12.1 Å². The van der Waals surface area contributed by atoms with E-state index < -0.39 is 0 Å². The first-order valence-corrected chi connectivity index (χ1v) is 7.17. The SMILES string of the molecule is COc1ccc2c(c1)OC(c1cncc(Br)c1)C[C@@H]2N. The van der Waals surface area contributed by atoms with Crippen molar-refractivity contribution in [1.82, 2.24) is 4.98 Å². The van der Waals surface area contributed by atoms with Crippen LogP contribution in [0.25, 0.3) is 0 Å². The first-order valence-electron chi connectivity index (χ1n) is 6.38. The lowest BCUT2D eigenvalue weighted by Gasteiger charge is -2.30. The van der Waals surface area contributed by atoms with Gasteiger partial charge in [-0.2, -0.15) is 0 Å². The fourth-order valence-corrected chi connectivity index (χ4v) is 2.80. The summed E-state index contributed by atoms with van der Waals surface area (Å²) >= 11 is 3.43. The number of nitrogens with zero attached hydrogens (tertiary/aromatic N) is 1. The van der Waals surface area contributed by atoms with E-state index in [4.69, 9.17) is 15.2 Å². The van der Waals surface area contributed by atoms with E-state index in [2.05, 4.69) is 20.9 Å². The van der Waals surface area contributed by atoms with Crippen molar-refractivity contribution in [2.45, 2.75) is 18.6 Å². The van der Waals surface area contributed by atoms with E-state index in [9.17, 15) is 0 Å². The molecule has 1 aliphatic rings. The van der Waals surface area contributed by atoms with Crippen molar-refractivity contribution in [1.29, 1.82) is 0 Å². The van der Waals surface area contributed by atoms with Gasteiger partial charge >= 0.3 is 0 Å². The van der Waals surface area contributed by atoms with Gasteiger partial charge in [0.05, 0.1) is 7.11 Å². The molecule has 104 valence electrons. The first-order chi connectivity index (χ1) is 9.67. The topological polar surface area (TPSA) is 57.4 Å². The third-order valence-electron chi connectivity index (χ3n) is 3.46. The summed E-state index contributed by atoms with van der Waals surface area (Å²) in [6.07, 6.45) is 4.21. The molecule has 2 heterocycles. The van der Waals surface area contributed by atoms with Crippen molar-refractivity contribution in [2.24, 2.45) is 5.73 Å². The molecule has 1 aromatic carbocycles. The van der Waals surface area contributed by atoms with Crippen LogP contribution in [0.4, 0.5) is 0 Å². The molecule has 1 aliphatic heterocycles. The normalized spacial score (nSPS) is 20.9. The molecule has 0 bridgehead atoms. The highest BCUT2D eigenvalue weighted by Crippen LogP contribution is 2.41. The molecule has 0 radical (unpaired) electrons. The Hall–Kier alpha value is -1.59. The summed E-state index contributed by atoms with van der Waals surface area (Å²) in [5.41, 5.74) is 8.29. The number of ether oxygens (including phenoxy) is 2. The summed E-state index contributed by atoms with van der Waals surface area (Å²) in [5, 5.41) is 0. The highest BCUT2D eigenvalue weighted by atomic mass is 79.9. The minimum absolute atomic E-state index is 0.0476. The van der Waals surface area contributed by atoms with Gasteiger partial charge in [-0.1, -0.05) is 6.07 Å². The van der Waals surface area contributed by atoms with Gasteiger partial charge in [0.2, 0.25) is 0 Å². The molecule has 5 heteroatoms. The number of nitrogens with two attached hydrogens (primary N) is 1. The summed E-state index contributed by atoms with van der Waals surface area (Å²) < 4.78 is 12.2. The van der Waals surface area contributed by atoms with Crippen LogP contribution < -0.4 is 15.2 Å². The number of aromatic nitrogens is 1. The van der Waals surface area contributed by atoms with Gasteiger partial charge in [-0.3, -0.25) is 4.98 Å². The zero-order valence-corrected chi connectivity index (χ0v) is 12.6. The van der Waals surface area contributed by atoms with Crippen LogP contribution in [0, 0.1) is 0 Å². The summed E-state index contributed by atoms with van der Waals surface area (Å²) in [7, 11) is 1.64. The molecule has 0 saturated heterocycles. The number of benzene rings is 1. The second kappa shape index (κ2) is 5.42. The standard InChI is InChI=1S/C15H15BrN2O2/c1-19-11-2-3-12-13(17)6-14(20-15(12)5-11)9-4-10(16)8-18-7-9/h2-5,7-8,13-14H,6,17H2,1H3/t13-,14?/m0/s1. The highest BCUT2D eigenvalue weighted by molar-refractivity contribution is 9.10. The van der Waals surface area contributed by atoms with E-state index >= 15 is 0 Å². The Balaban J connectivity index is 1.95. The second-order valence-electron chi connectivity index (χ2n) is 4.79. The molecule has 4 nitrogen and oxygen atoms in total. The molecule has 3 rings (SSSR count). The molecule has 0 saturated carbocycles. The zero-order chi connectivity index (χ0) is 14.1. The Morgan fingerprint density at radius 2 is 2.20 bits per heavy atom. The van der Waals surface area contributed by atoms with Crippen molar-refractivity contribution in [3.8, 4) is 11.5 Å². The molecule has 2 N–H and O–H groups in total. The van der Waals surface area contributed by atoms with Crippen LogP contribution in [0.2, 0.25) is 0 Å². The average molecular weight is 335 g/mol. The minimum Gasteiger partial charge on any atom is -0.497 e. The van der Waals surface area contributed by atoms with E-state index in [1.807, 2.05) is 30.5 Å². The van der Waals surface area contributed by atoms with Crippen molar-refractivity contribution in [3.63, 3.8) is 0 Å². The van der Waals surface area contributed by atoms with E-state index in [1.165, 1.54) is 0 Å². The maximum Gasteiger partial charge on any atom is 0.128 e. The van der Waals surface area contributed by atoms with E-state index in [1.54, 1.807) is 13.3 Å². The maximum absolute atomic E-state index is 6.25. The van der Waals surface area contributed by atoms with Gasteiger partial charge in [-0.05, 0) is 28.1 Å². The monoisotopic (exact) mass is 334 g/mol. The van der Waals surface area contributed by atoms with Gasteiger partial charge in [0.15, 0.2) is 0 Å². The lowest BCUT2D eigenvalue weighted by atomic mass is 9.94. The number of pyridine rings is 1. The van der Waals surface area contributed by atoms with Crippen LogP contribution in [0.15, 0.2) is 41.1 Å². The zero-order valence-electron chi connectivity index (χ0n) is 11.0. The Bertz CT molecular complexity index is 633. The number of rotatable bonds is 2. The van der Waals surface area contributed by atoms with Crippen LogP contribution in [0.3, 0.4) is 0 Å². The molecule has 2 aromatic rings. The van der Waals surface area contributed by atoms with Crippen LogP contribution in [-0.2, 0) is 0 Å². The molecule has 0 fully saturated rings. The van der Waals surface area contributed by atoms with Gasteiger partial charge in [0, 0.05) is 46.5 Å². The van der Waals surface area contributed by atoms with E-state index in [-0.39, 0.29) is 12.1 Å². The van der Waals surface area contributed by atoms with Crippen molar-refractivity contribution < 1.29 is 9.47 Å². The Kier molecular flexibility index (Phi) is 3.63. The molecular formula is C15H15BrN2O2. The van der Waals surface area contributed by atoms with Crippen LogP contribution >= 0.6 is 15.9 Å². The van der Waals surface area contributed by atoms with Gasteiger partial charge in [-0.15, -0.1) is 0 Å². The molecule has 20 heavy (non-hydrogen) atoms. The lowest BCUT2D eigenvalue weighted by Crippen LogP contribution is -2.24. The lowest BCUT2D eigenvalue weighted by molar-refractivity contribution is 0.160. The Morgan fingerprint density at radius 1 is 1.35 bits per heavy atom. The summed E-state index contributed by atoms with van der Waals surface area (Å²) in [4.78, 5) is 4.18. The fourth-order valence-electron chi connectivity index (χ4n) is 2.42. The molecule has 1 unspecified atom stereocenters. The largest absolute Gasteiger partial charge is 0.497 e. The Labute approximate surface area is 126 Å². The van der Waals surface area contributed by atoms with Gasteiger partial charge in [0.1, 0.15) is 17.6 Å². The average Bonchev–Trinajstić information content (AvgIpc) is 2.46. The number of fused-ring (bicyclic) bond motifs is 1. The van der Waals surface area contributed by atoms with Crippen molar-refractivity contribution in [2.75, 3.05) is 7.11 Å². The van der Waals surface area contributed by atoms with Crippen LogP contribution in [0.5, 0.6) is 11.5 Å². The maximum atomic E-state index is 6.25. The van der Waals surface area contributed by atoms with Gasteiger partial charge < -0.3 is 15.2 Å². The Morgan fingerprint density at radius 3 is 2.95 bits per heavy atom. The number of hydrogen-bond donors (Lipinski definition) is 1. The number of methoxy groups -OCH3 is 1. The van der Waals surface area contributed by atoms with Crippen molar-refractivity contribution >= 4 is 15.9 Å². The number of halogens is 1. The number of hydrogen-bond acceptors (Lipinski definition) is 4. The van der Waals surface area contributed by atoms with Gasteiger partial charge in [-0.25, -0.2) is 0 Å². The van der Waals surface area contributed by atoms with Crippen molar-refractivity contribution in [3.05, 3.63) is 52.3 Å². The fraction of sp³-hybridized carbons (Fsp3) is 0.267. The van der Waals surface area contributed by atoms with Crippen LogP contribution in [0.1, 0.15) is 29.7 Å². The molecule has 0 spiro atoms. The van der Waals surface area contributed by atoms with E-state index in [0.717, 1.165) is 33.5 Å². The second-order valence-corrected chi connectivity index (χ2v) is 5.70. The predicted octanol–water partition coefficient (Wildman–Crippen LogP) is 3.38. The highest BCUT2D eigenvalue weighted by Gasteiger charge is 2.27. The predicted molar refractivity (Wildman–Crippen MR) is 79.8 cm³/mol. The van der Waals surface area contributed by atoms with E-state index in [0.29, 0.717) is 0 Å². The quantitative estimate of drug-likeness (QED) is 0.914. The molecular weight excluding hydrogens is 320 g/mol. The minimum atomic E-state index is -0.0883. The third-order valence-corrected chi connectivity index (χ3v) is 3.89. The summed E-state index contributed by atoms with van der Waals surface area (Å²) in [5.74, 6) is 1.55. The molecule has 0 aliphatic carbocycles. The smallest absolute Gasteiger partial charge is 0.128 e. The third kappa shape index (κ3) is 2.51. The van der Waals surface area contributed by atoms with Gasteiger partial charge in [0.25, 0.3) is 0 Å². The molecule has 2 atom stereocenters. The molecule has 1 aromatic heterocycles. The first kappa shape index (κ1) is 13.4. The molecule has 0 amide bonds. The summed E-state index contributed by atoms with van der Waals surface area (Å²) in [6, 6.07) is 7.72.